The minimum absolute atomic E-state index is 0.180. The molecule has 6 heteroatoms. The molecule has 0 atom stereocenters. The lowest BCUT2D eigenvalue weighted by atomic mass is 10.2. The van der Waals surface area contributed by atoms with Crippen molar-refractivity contribution < 1.29 is 14.3 Å². The third-order valence-electron chi connectivity index (χ3n) is 3.59. The lowest BCUT2D eigenvalue weighted by molar-refractivity contribution is -0.123. The Hall–Kier alpha value is -4.11. The highest BCUT2D eigenvalue weighted by Gasteiger charge is 2.02. The molecule has 6 nitrogen and oxygen atoms in total. The lowest BCUT2D eigenvalue weighted by Gasteiger charge is -2.06. The first-order valence-corrected chi connectivity index (χ1v) is 8.51. The van der Waals surface area contributed by atoms with Crippen molar-refractivity contribution in [2.45, 2.75) is 0 Å². The molecule has 0 fully saturated rings. The zero-order chi connectivity index (χ0) is 19.6. The normalized spacial score (nSPS) is 10.2. The Morgan fingerprint density at radius 2 is 1.71 bits per heavy atom. The van der Waals surface area contributed by atoms with Crippen molar-refractivity contribution in [3.63, 3.8) is 0 Å². The third-order valence-corrected chi connectivity index (χ3v) is 3.59. The zero-order valence-corrected chi connectivity index (χ0v) is 14.9. The van der Waals surface area contributed by atoms with Gasteiger partial charge < -0.3 is 9.47 Å². The summed E-state index contributed by atoms with van der Waals surface area (Å²) in [4.78, 5) is 11.8. The highest BCUT2D eigenvalue weighted by atomic mass is 16.5. The molecule has 1 N–H and O–H groups in total. The number of rotatable bonds is 7. The number of ether oxygens (including phenoxy) is 2. The van der Waals surface area contributed by atoms with E-state index in [4.69, 9.17) is 14.7 Å². The van der Waals surface area contributed by atoms with Crippen LogP contribution in [0.2, 0.25) is 0 Å². The largest absolute Gasteiger partial charge is 0.484 e. The fourth-order valence-electron chi connectivity index (χ4n) is 2.27. The quantitative estimate of drug-likeness (QED) is 0.505. The summed E-state index contributed by atoms with van der Waals surface area (Å²) < 4.78 is 11.1. The van der Waals surface area contributed by atoms with Crippen LogP contribution in [0.5, 0.6) is 17.2 Å². The standard InChI is InChI=1S/C22H17N3O3/c23-14-17-9-11-19(12-10-17)27-16-22(26)25-24-15-18-5-4-8-21(13-18)28-20-6-2-1-3-7-20/h1-13,15H,16H2,(H,25,26)/b24-15+. The molecule has 0 saturated carbocycles. The minimum atomic E-state index is -0.391. The number of hydrogen-bond acceptors (Lipinski definition) is 5. The van der Waals surface area contributed by atoms with E-state index in [0.29, 0.717) is 17.1 Å². The maximum atomic E-state index is 11.8. The van der Waals surface area contributed by atoms with Crippen LogP contribution in [0.25, 0.3) is 0 Å². The number of nitriles is 1. The topological polar surface area (TPSA) is 83.7 Å². The van der Waals surface area contributed by atoms with Crippen molar-refractivity contribution in [2.24, 2.45) is 5.10 Å². The van der Waals surface area contributed by atoms with Gasteiger partial charge in [-0.15, -0.1) is 0 Å². The molecular weight excluding hydrogens is 354 g/mol. The van der Waals surface area contributed by atoms with E-state index < -0.39 is 5.91 Å². The first-order chi connectivity index (χ1) is 13.7. The monoisotopic (exact) mass is 371 g/mol. The summed E-state index contributed by atoms with van der Waals surface area (Å²) in [6.45, 7) is -0.180. The van der Waals surface area contributed by atoms with Gasteiger partial charge in [0.2, 0.25) is 0 Å². The average molecular weight is 371 g/mol. The Labute approximate surface area is 162 Å². The smallest absolute Gasteiger partial charge is 0.277 e. The molecule has 0 radical (unpaired) electrons. The van der Waals surface area contributed by atoms with Gasteiger partial charge in [0.25, 0.3) is 5.91 Å². The van der Waals surface area contributed by atoms with Gasteiger partial charge in [-0.2, -0.15) is 10.4 Å². The number of carbonyl (C=O) groups excluding carboxylic acids is 1. The molecular formula is C22H17N3O3. The fraction of sp³-hybridized carbons (Fsp3) is 0.0455. The maximum absolute atomic E-state index is 11.8. The number of amides is 1. The van der Waals surface area contributed by atoms with Crippen LogP contribution in [0.4, 0.5) is 0 Å². The van der Waals surface area contributed by atoms with E-state index in [1.165, 1.54) is 6.21 Å². The number of hydrogen-bond donors (Lipinski definition) is 1. The van der Waals surface area contributed by atoms with Crippen LogP contribution < -0.4 is 14.9 Å². The molecule has 0 aliphatic heterocycles. The second-order valence-corrected chi connectivity index (χ2v) is 5.71. The highest BCUT2D eigenvalue weighted by Crippen LogP contribution is 2.21. The lowest BCUT2D eigenvalue weighted by Crippen LogP contribution is -2.24. The molecule has 0 aliphatic rings. The van der Waals surface area contributed by atoms with Gasteiger partial charge in [0.15, 0.2) is 6.61 Å². The number of benzene rings is 3. The summed E-state index contributed by atoms with van der Waals surface area (Å²) in [5, 5.41) is 12.7. The minimum Gasteiger partial charge on any atom is -0.484 e. The van der Waals surface area contributed by atoms with Crippen molar-refractivity contribution in [1.29, 1.82) is 5.26 Å². The van der Waals surface area contributed by atoms with Gasteiger partial charge in [0.1, 0.15) is 17.2 Å². The van der Waals surface area contributed by atoms with E-state index in [9.17, 15) is 4.79 Å². The summed E-state index contributed by atoms with van der Waals surface area (Å²) in [7, 11) is 0. The number of carbonyl (C=O) groups is 1. The van der Waals surface area contributed by atoms with Crippen molar-refractivity contribution in [3.8, 4) is 23.3 Å². The Balaban J connectivity index is 1.49. The summed E-state index contributed by atoms with van der Waals surface area (Å²) in [6.07, 6.45) is 1.53. The first-order valence-electron chi connectivity index (χ1n) is 8.51. The van der Waals surface area contributed by atoms with Crippen LogP contribution in [0.1, 0.15) is 11.1 Å². The van der Waals surface area contributed by atoms with Crippen LogP contribution >= 0.6 is 0 Å². The van der Waals surface area contributed by atoms with E-state index in [0.717, 1.165) is 11.3 Å². The number of nitrogens with one attached hydrogen (secondary N) is 1. The average Bonchev–Trinajstić information content (AvgIpc) is 2.74. The van der Waals surface area contributed by atoms with E-state index in [2.05, 4.69) is 10.5 Å². The second-order valence-electron chi connectivity index (χ2n) is 5.71. The van der Waals surface area contributed by atoms with E-state index in [1.807, 2.05) is 60.7 Å². The predicted molar refractivity (Wildman–Crippen MR) is 105 cm³/mol. The van der Waals surface area contributed by atoms with Gasteiger partial charge in [-0.25, -0.2) is 5.43 Å². The van der Waals surface area contributed by atoms with E-state index in [-0.39, 0.29) is 6.61 Å². The van der Waals surface area contributed by atoms with Gasteiger partial charge in [-0.3, -0.25) is 4.79 Å². The SMILES string of the molecule is N#Cc1ccc(OCC(=O)N/N=C/c2cccc(Oc3ccccc3)c2)cc1. The maximum Gasteiger partial charge on any atom is 0.277 e. The van der Waals surface area contributed by atoms with Crippen molar-refractivity contribution in [3.05, 3.63) is 90.0 Å². The molecule has 0 unspecified atom stereocenters. The first kappa shape index (κ1) is 18.7. The Kier molecular flexibility index (Phi) is 6.37. The zero-order valence-electron chi connectivity index (χ0n) is 14.9. The predicted octanol–water partition coefficient (Wildman–Crippen LogP) is 3.88. The van der Waals surface area contributed by atoms with Crippen LogP contribution in [0.15, 0.2) is 84.0 Å². The van der Waals surface area contributed by atoms with Gasteiger partial charge in [0.05, 0.1) is 17.8 Å². The Bertz CT molecular complexity index is 994. The summed E-state index contributed by atoms with van der Waals surface area (Å²) >= 11 is 0. The second kappa shape index (κ2) is 9.55. The Morgan fingerprint density at radius 1 is 0.964 bits per heavy atom. The molecule has 0 heterocycles. The third kappa shape index (κ3) is 5.71. The number of nitrogens with zero attached hydrogens (tertiary/aromatic N) is 2. The molecule has 3 aromatic rings. The van der Waals surface area contributed by atoms with Crippen molar-refractivity contribution in [2.75, 3.05) is 6.61 Å². The summed E-state index contributed by atoms with van der Waals surface area (Å²) in [5.74, 6) is 1.52. The molecule has 3 aromatic carbocycles. The molecule has 0 aliphatic carbocycles. The molecule has 0 spiro atoms. The van der Waals surface area contributed by atoms with Crippen LogP contribution in [0, 0.1) is 11.3 Å². The van der Waals surface area contributed by atoms with Gasteiger partial charge in [-0.1, -0.05) is 30.3 Å². The number of hydrazone groups is 1. The molecule has 0 aromatic heterocycles. The molecule has 3 rings (SSSR count). The molecule has 1 amide bonds. The van der Waals surface area contributed by atoms with E-state index in [1.54, 1.807) is 24.3 Å². The fourth-order valence-corrected chi connectivity index (χ4v) is 2.27. The highest BCUT2D eigenvalue weighted by molar-refractivity contribution is 5.83. The Morgan fingerprint density at radius 3 is 2.46 bits per heavy atom. The van der Waals surface area contributed by atoms with Crippen LogP contribution in [-0.4, -0.2) is 18.7 Å². The molecule has 138 valence electrons. The van der Waals surface area contributed by atoms with Crippen molar-refractivity contribution >= 4 is 12.1 Å². The van der Waals surface area contributed by atoms with Gasteiger partial charge in [0, 0.05) is 0 Å². The van der Waals surface area contributed by atoms with Gasteiger partial charge >= 0.3 is 0 Å². The summed E-state index contributed by atoms with van der Waals surface area (Å²) in [6, 6.07) is 25.3. The molecule has 28 heavy (non-hydrogen) atoms. The molecule has 0 bridgehead atoms. The van der Waals surface area contributed by atoms with Crippen molar-refractivity contribution in [1.82, 2.24) is 5.43 Å². The number of para-hydroxylation sites is 1. The van der Waals surface area contributed by atoms with E-state index >= 15 is 0 Å². The van der Waals surface area contributed by atoms with Gasteiger partial charge in [-0.05, 0) is 54.1 Å². The van der Waals surface area contributed by atoms with Crippen LogP contribution in [-0.2, 0) is 4.79 Å². The molecule has 0 saturated heterocycles. The van der Waals surface area contributed by atoms with Crippen LogP contribution in [0.3, 0.4) is 0 Å². The summed E-state index contributed by atoms with van der Waals surface area (Å²) in [5.41, 5.74) is 3.71.